The van der Waals surface area contributed by atoms with Crippen LogP contribution in [0.3, 0.4) is 0 Å². The van der Waals surface area contributed by atoms with Crippen molar-refractivity contribution in [1.29, 1.82) is 0 Å². The van der Waals surface area contributed by atoms with Gasteiger partial charge in [0, 0.05) is 6.42 Å². The highest BCUT2D eigenvalue weighted by Crippen LogP contribution is 2.07. The normalized spacial score (nSPS) is 16.8. The lowest BCUT2D eigenvalue weighted by atomic mass is 10.2. The maximum atomic E-state index is 10.2. The third-order valence-electron chi connectivity index (χ3n) is 1.99. The highest BCUT2D eigenvalue weighted by molar-refractivity contribution is 5.96. The largest absolute Gasteiger partial charge is 0.508 e. The summed E-state index contributed by atoms with van der Waals surface area (Å²) in [6, 6.07) is 8.63. The lowest BCUT2D eigenvalue weighted by molar-refractivity contribution is -0.118. The Morgan fingerprint density at radius 1 is 1.38 bits per heavy atom. The van der Waals surface area contributed by atoms with Crippen LogP contribution in [-0.2, 0) is 9.59 Å². The summed E-state index contributed by atoms with van der Waals surface area (Å²) < 4.78 is 0. The van der Waals surface area contributed by atoms with Crippen molar-refractivity contribution in [3.05, 3.63) is 30.3 Å². The number of carbonyl (C=O) groups excluding carboxylic acids is 2. The highest BCUT2D eigenvalue weighted by Gasteiger charge is 2.32. The molecule has 2 rings (SSSR count). The van der Waals surface area contributed by atoms with Gasteiger partial charge >= 0.3 is 0 Å². The Bertz CT molecular complexity index is 365. The minimum Gasteiger partial charge on any atom is -0.508 e. The average Bonchev–Trinajstić information content (AvgIpc) is 2.94. The zero-order valence-electron chi connectivity index (χ0n) is 8.72. The van der Waals surface area contributed by atoms with E-state index in [2.05, 4.69) is 5.32 Å². The maximum absolute atomic E-state index is 10.2. The van der Waals surface area contributed by atoms with Crippen molar-refractivity contribution in [3.8, 4) is 5.75 Å². The summed E-state index contributed by atoms with van der Waals surface area (Å²) in [5, 5.41) is 11.2. The Morgan fingerprint density at radius 2 is 1.94 bits per heavy atom. The van der Waals surface area contributed by atoms with Gasteiger partial charge in [-0.1, -0.05) is 18.2 Å². The van der Waals surface area contributed by atoms with Gasteiger partial charge in [-0.15, -0.1) is 0 Å². The molecule has 0 spiro atoms. The molecule has 1 saturated heterocycles. The second-order valence-corrected chi connectivity index (χ2v) is 3.40. The SMILES string of the molecule is NC(=O)CCC1NC1=O.Oc1ccccc1. The predicted octanol–water partition coefficient (Wildman–Crippen LogP) is 0.142. The lowest BCUT2D eigenvalue weighted by Crippen LogP contribution is -2.11. The van der Waals surface area contributed by atoms with E-state index >= 15 is 0 Å². The van der Waals surface area contributed by atoms with Crippen molar-refractivity contribution in [2.45, 2.75) is 18.9 Å². The Labute approximate surface area is 93.3 Å². The summed E-state index contributed by atoms with van der Waals surface area (Å²) in [7, 11) is 0. The van der Waals surface area contributed by atoms with Crippen LogP contribution < -0.4 is 11.1 Å². The minimum atomic E-state index is -0.350. The third-order valence-corrected chi connectivity index (χ3v) is 1.99. The molecule has 0 aromatic heterocycles. The van der Waals surface area contributed by atoms with Crippen molar-refractivity contribution in [1.82, 2.24) is 5.32 Å². The van der Waals surface area contributed by atoms with Crippen molar-refractivity contribution >= 4 is 11.8 Å². The van der Waals surface area contributed by atoms with Crippen molar-refractivity contribution in [2.24, 2.45) is 5.73 Å². The number of primary amides is 1. The second kappa shape index (κ2) is 5.75. The van der Waals surface area contributed by atoms with E-state index in [0.717, 1.165) is 0 Å². The number of nitrogens with two attached hydrogens (primary N) is 1. The number of phenolic OH excluding ortho intramolecular Hbond substituents is 1. The number of nitrogens with one attached hydrogen (secondary N) is 1. The third kappa shape index (κ3) is 4.99. The molecule has 5 nitrogen and oxygen atoms in total. The molecule has 0 aliphatic carbocycles. The van der Waals surface area contributed by atoms with Crippen LogP contribution in [0.2, 0.25) is 0 Å². The van der Waals surface area contributed by atoms with Crippen molar-refractivity contribution in [3.63, 3.8) is 0 Å². The van der Waals surface area contributed by atoms with E-state index in [9.17, 15) is 9.59 Å². The smallest absolute Gasteiger partial charge is 0.243 e. The van der Waals surface area contributed by atoms with E-state index in [1.54, 1.807) is 24.3 Å². The first-order valence-corrected chi connectivity index (χ1v) is 4.92. The fourth-order valence-electron chi connectivity index (χ4n) is 1.05. The number of hydrogen-bond donors (Lipinski definition) is 3. The molecule has 4 N–H and O–H groups in total. The van der Waals surface area contributed by atoms with Crippen LogP contribution in [0.4, 0.5) is 0 Å². The van der Waals surface area contributed by atoms with Gasteiger partial charge in [-0.25, -0.2) is 0 Å². The van der Waals surface area contributed by atoms with Crippen LogP contribution in [0.5, 0.6) is 5.75 Å². The van der Waals surface area contributed by atoms with Gasteiger partial charge in [-0.3, -0.25) is 9.59 Å². The fourth-order valence-corrected chi connectivity index (χ4v) is 1.05. The van der Waals surface area contributed by atoms with E-state index < -0.39 is 0 Å². The van der Waals surface area contributed by atoms with Crippen LogP contribution in [-0.4, -0.2) is 23.0 Å². The predicted molar refractivity (Wildman–Crippen MR) is 58.5 cm³/mol. The zero-order chi connectivity index (χ0) is 12.0. The van der Waals surface area contributed by atoms with Crippen molar-refractivity contribution in [2.75, 3.05) is 0 Å². The number of phenols is 1. The van der Waals surface area contributed by atoms with Gasteiger partial charge < -0.3 is 16.2 Å². The second-order valence-electron chi connectivity index (χ2n) is 3.40. The van der Waals surface area contributed by atoms with Gasteiger partial charge in [0.15, 0.2) is 0 Å². The first-order chi connectivity index (χ1) is 7.59. The number of rotatable bonds is 3. The summed E-state index contributed by atoms with van der Waals surface area (Å²) in [6.45, 7) is 0. The summed E-state index contributed by atoms with van der Waals surface area (Å²) in [5.41, 5.74) is 4.84. The van der Waals surface area contributed by atoms with Crippen LogP contribution in [0.25, 0.3) is 0 Å². The molecule has 0 bridgehead atoms. The molecular weight excluding hydrogens is 208 g/mol. The molecule has 1 fully saturated rings. The molecule has 1 atom stereocenters. The van der Waals surface area contributed by atoms with Gasteiger partial charge in [0.25, 0.3) is 0 Å². The van der Waals surface area contributed by atoms with Gasteiger partial charge in [0.2, 0.25) is 11.8 Å². The number of amides is 2. The Morgan fingerprint density at radius 3 is 2.25 bits per heavy atom. The maximum Gasteiger partial charge on any atom is 0.243 e. The Hall–Kier alpha value is -2.04. The summed E-state index contributed by atoms with van der Waals surface area (Å²) in [6.07, 6.45) is 0.845. The molecule has 86 valence electrons. The van der Waals surface area contributed by atoms with E-state index in [1.807, 2.05) is 6.07 Å². The molecular formula is C11H14N2O3. The molecule has 0 radical (unpaired) electrons. The molecule has 1 aromatic rings. The molecule has 1 aliphatic heterocycles. The summed E-state index contributed by atoms with van der Waals surface area (Å²) >= 11 is 0. The molecule has 1 unspecified atom stereocenters. The zero-order valence-corrected chi connectivity index (χ0v) is 8.72. The number of hydrogen-bond acceptors (Lipinski definition) is 3. The number of para-hydroxylation sites is 1. The topological polar surface area (TPSA) is 102 Å². The van der Waals surface area contributed by atoms with E-state index in [0.29, 0.717) is 18.6 Å². The summed E-state index contributed by atoms with van der Waals surface area (Å²) in [5.74, 6) is -0.00440. The molecule has 1 heterocycles. The number of benzene rings is 1. The highest BCUT2D eigenvalue weighted by atomic mass is 16.3. The van der Waals surface area contributed by atoms with Crippen molar-refractivity contribution < 1.29 is 14.7 Å². The van der Waals surface area contributed by atoms with Crippen LogP contribution >= 0.6 is 0 Å². The van der Waals surface area contributed by atoms with E-state index in [-0.39, 0.29) is 17.9 Å². The van der Waals surface area contributed by atoms with Gasteiger partial charge in [-0.05, 0) is 18.6 Å². The standard InChI is InChI=1S/C6H6O.C5H8N2O2/c7-6-4-2-1-3-5-6;6-4(8)2-1-3-5(9)7-3/h1-5,7H;3H,1-2H2,(H2,6,8)(H,7,9). The average molecular weight is 222 g/mol. The molecule has 1 aliphatic rings. The molecule has 5 heteroatoms. The fraction of sp³-hybridized carbons (Fsp3) is 0.273. The molecule has 0 saturated carbocycles. The van der Waals surface area contributed by atoms with Gasteiger partial charge in [0.1, 0.15) is 11.8 Å². The number of aromatic hydroxyl groups is 1. The van der Waals surface area contributed by atoms with Gasteiger partial charge in [-0.2, -0.15) is 0 Å². The van der Waals surface area contributed by atoms with E-state index in [1.165, 1.54) is 0 Å². The first kappa shape index (κ1) is 12.0. The Balaban J connectivity index is 0.000000165. The molecule has 16 heavy (non-hydrogen) atoms. The van der Waals surface area contributed by atoms with Crippen LogP contribution in [0, 0.1) is 0 Å². The minimum absolute atomic E-state index is 0.0243. The first-order valence-electron chi connectivity index (χ1n) is 4.92. The quantitative estimate of drug-likeness (QED) is 0.634. The lowest BCUT2D eigenvalue weighted by Gasteiger charge is -1.86. The van der Waals surface area contributed by atoms with E-state index in [4.69, 9.17) is 10.8 Å². The monoisotopic (exact) mass is 222 g/mol. The number of carbonyl (C=O) groups is 2. The van der Waals surface area contributed by atoms with Crippen LogP contribution in [0.1, 0.15) is 12.8 Å². The molecule has 1 aromatic carbocycles. The Kier molecular flexibility index (Phi) is 4.32. The molecule has 2 amide bonds. The van der Waals surface area contributed by atoms with Gasteiger partial charge in [0.05, 0.1) is 0 Å². The summed E-state index contributed by atoms with van der Waals surface area (Å²) in [4.78, 5) is 20.4. The van der Waals surface area contributed by atoms with Crippen LogP contribution in [0.15, 0.2) is 30.3 Å².